The summed E-state index contributed by atoms with van der Waals surface area (Å²) in [5.41, 5.74) is 1.96. The largest absolute Gasteiger partial charge is 0.496 e. The fraction of sp³-hybridized carbons (Fsp3) is 0.500. The number of benzene rings is 1. The molecule has 1 aromatic rings. The number of ether oxygens (including phenoxy) is 1. The van der Waals surface area contributed by atoms with Gasteiger partial charge in [-0.25, -0.2) is 0 Å². The van der Waals surface area contributed by atoms with E-state index in [-0.39, 0.29) is 11.8 Å². The van der Waals surface area contributed by atoms with Gasteiger partial charge in [-0.1, -0.05) is 24.6 Å². The molecule has 0 aromatic heterocycles. The van der Waals surface area contributed by atoms with Crippen molar-refractivity contribution in [3.8, 4) is 5.75 Å². The Morgan fingerprint density at radius 3 is 2.67 bits per heavy atom. The van der Waals surface area contributed by atoms with Crippen LogP contribution in [0.5, 0.6) is 5.75 Å². The number of carbonyl (C=O) groups excluding carboxylic acids is 1. The lowest BCUT2D eigenvalue weighted by Crippen LogP contribution is -2.53. The van der Waals surface area contributed by atoms with Crippen LogP contribution in [0.3, 0.4) is 0 Å². The second-order valence-corrected chi connectivity index (χ2v) is 5.68. The molecule has 2 rings (SSSR count). The Morgan fingerprint density at radius 1 is 1.43 bits per heavy atom. The van der Waals surface area contributed by atoms with Crippen LogP contribution in [-0.2, 0) is 16.0 Å². The van der Waals surface area contributed by atoms with Gasteiger partial charge in [-0.3, -0.25) is 9.59 Å². The molecule has 21 heavy (non-hydrogen) atoms. The van der Waals surface area contributed by atoms with Crippen molar-refractivity contribution < 1.29 is 19.4 Å². The van der Waals surface area contributed by atoms with Gasteiger partial charge in [-0.2, -0.15) is 0 Å². The lowest BCUT2D eigenvalue weighted by atomic mass is 9.86. The van der Waals surface area contributed by atoms with Crippen LogP contribution in [0.25, 0.3) is 0 Å². The third kappa shape index (κ3) is 3.35. The summed E-state index contributed by atoms with van der Waals surface area (Å²) < 4.78 is 5.27. The summed E-state index contributed by atoms with van der Waals surface area (Å²) >= 11 is 0. The van der Waals surface area contributed by atoms with Crippen molar-refractivity contribution in [2.45, 2.75) is 20.3 Å². The molecule has 1 unspecified atom stereocenters. The molecule has 0 saturated carbocycles. The molecule has 1 aliphatic heterocycles. The fourth-order valence-electron chi connectivity index (χ4n) is 2.55. The number of amides is 1. The highest BCUT2D eigenvalue weighted by molar-refractivity contribution is 5.81. The molecule has 0 radical (unpaired) electrons. The number of rotatable bonds is 5. The van der Waals surface area contributed by atoms with Gasteiger partial charge >= 0.3 is 5.97 Å². The Balaban J connectivity index is 1.95. The number of hydrogen-bond acceptors (Lipinski definition) is 3. The first kappa shape index (κ1) is 15.4. The number of aliphatic carboxylic acids is 1. The van der Waals surface area contributed by atoms with Crippen LogP contribution in [0.2, 0.25) is 0 Å². The smallest absolute Gasteiger partial charge is 0.306 e. The minimum Gasteiger partial charge on any atom is -0.496 e. The Kier molecular flexibility index (Phi) is 4.50. The van der Waals surface area contributed by atoms with Gasteiger partial charge in [-0.05, 0) is 13.0 Å². The molecule has 1 amide bonds. The van der Waals surface area contributed by atoms with E-state index >= 15 is 0 Å². The number of nitrogens with zero attached hydrogens (tertiary/aromatic N) is 1. The summed E-state index contributed by atoms with van der Waals surface area (Å²) in [6, 6.07) is 5.76. The molecule has 1 fully saturated rings. The second kappa shape index (κ2) is 6.16. The van der Waals surface area contributed by atoms with E-state index in [2.05, 4.69) is 0 Å². The van der Waals surface area contributed by atoms with Gasteiger partial charge in [0.1, 0.15) is 5.75 Å². The van der Waals surface area contributed by atoms with Gasteiger partial charge in [0.15, 0.2) is 0 Å². The molecular weight excluding hydrogens is 270 g/mol. The summed E-state index contributed by atoms with van der Waals surface area (Å²) in [7, 11) is 1.59. The van der Waals surface area contributed by atoms with E-state index in [1.165, 1.54) is 0 Å². The predicted molar refractivity (Wildman–Crippen MR) is 78.3 cm³/mol. The minimum atomic E-state index is -0.799. The van der Waals surface area contributed by atoms with Crippen molar-refractivity contribution in [3.63, 3.8) is 0 Å². The number of carboxylic acids is 1. The monoisotopic (exact) mass is 291 g/mol. The van der Waals surface area contributed by atoms with E-state index in [9.17, 15) is 9.59 Å². The van der Waals surface area contributed by atoms with Gasteiger partial charge in [0, 0.05) is 24.6 Å². The molecule has 5 heteroatoms. The van der Waals surface area contributed by atoms with E-state index in [0.29, 0.717) is 25.3 Å². The SMILES string of the molecule is COc1ccc(C)cc1CC(=O)N1CC(C(C)C(=O)O)C1. The highest BCUT2D eigenvalue weighted by atomic mass is 16.5. The van der Waals surface area contributed by atoms with E-state index in [4.69, 9.17) is 9.84 Å². The van der Waals surface area contributed by atoms with Crippen LogP contribution in [0.4, 0.5) is 0 Å². The zero-order valence-corrected chi connectivity index (χ0v) is 12.6. The summed E-state index contributed by atoms with van der Waals surface area (Å²) in [4.78, 5) is 24.9. The van der Waals surface area contributed by atoms with Crippen molar-refractivity contribution in [2.75, 3.05) is 20.2 Å². The quantitative estimate of drug-likeness (QED) is 0.897. The van der Waals surface area contributed by atoms with Crippen molar-refractivity contribution >= 4 is 11.9 Å². The first-order chi connectivity index (χ1) is 9.92. The van der Waals surface area contributed by atoms with E-state index < -0.39 is 11.9 Å². The molecule has 1 heterocycles. The maximum atomic E-state index is 12.2. The molecule has 0 bridgehead atoms. The number of likely N-dealkylation sites (tertiary alicyclic amines) is 1. The lowest BCUT2D eigenvalue weighted by molar-refractivity contribution is -0.150. The molecule has 1 aromatic carbocycles. The average Bonchev–Trinajstić information content (AvgIpc) is 2.36. The normalized spacial score (nSPS) is 16.2. The summed E-state index contributed by atoms with van der Waals surface area (Å²) in [5.74, 6) is -0.404. The molecule has 1 saturated heterocycles. The number of carbonyl (C=O) groups is 2. The Labute approximate surface area is 124 Å². The Hall–Kier alpha value is -2.04. The maximum Gasteiger partial charge on any atom is 0.306 e. The zero-order chi connectivity index (χ0) is 15.6. The van der Waals surface area contributed by atoms with Gasteiger partial charge in [0.05, 0.1) is 19.4 Å². The van der Waals surface area contributed by atoms with E-state index in [0.717, 1.165) is 11.1 Å². The zero-order valence-electron chi connectivity index (χ0n) is 12.6. The highest BCUT2D eigenvalue weighted by Gasteiger charge is 2.37. The lowest BCUT2D eigenvalue weighted by Gasteiger charge is -2.41. The van der Waals surface area contributed by atoms with Gasteiger partial charge in [0.2, 0.25) is 5.91 Å². The van der Waals surface area contributed by atoms with Crippen molar-refractivity contribution in [1.82, 2.24) is 4.90 Å². The van der Waals surface area contributed by atoms with Gasteiger partial charge < -0.3 is 14.7 Å². The number of carboxylic acid groups (broad SMARTS) is 1. The molecule has 0 spiro atoms. The van der Waals surface area contributed by atoms with Crippen LogP contribution in [0, 0.1) is 18.8 Å². The molecule has 1 atom stereocenters. The average molecular weight is 291 g/mol. The summed E-state index contributed by atoms with van der Waals surface area (Å²) in [6.07, 6.45) is 0.291. The molecule has 5 nitrogen and oxygen atoms in total. The molecule has 1 aliphatic rings. The number of hydrogen-bond donors (Lipinski definition) is 1. The maximum absolute atomic E-state index is 12.2. The topological polar surface area (TPSA) is 66.8 Å². The Morgan fingerprint density at radius 2 is 2.10 bits per heavy atom. The third-order valence-corrected chi connectivity index (χ3v) is 4.14. The Bertz CT molecular complexity index is 549. The van der Waals surface area contributed by atoms with Crippen molar-refractivity contribution in [2.24, 2.45) is 11.8 Å². The van der Waals surface area contributed by atoms with Crippen LogP contribution >= 0.6 is 0 Å². The number of methoxy groups -OCH3 is 1. The van der Waals surface area contributed by atoms with Crippen molar-refractivity contribution in [1.29, 1.82) is 0 Å². The standard InChI is InChI=1S/C16H21NO4/c1-10-4-5-14(21-3)12(6-10)7-15(18)17-8-13(9-17)11(2)16(19)20/h4-6,11,13H,7-9H2,1-3H3,(H,19,20). The summed E-state index contributed by atoms with van der Waals surface area (Å²) in [6.45, 7) is 4.72. The minimum absolute atomic E-state index is 0.0211. The van der Waals surface area contributed by atoms with Crippen LogP contribution in [0.1, 0.15) is 18.1 Å². The number of aryl methyl sites for hydroxylation is 1. The molecule has 0 aliphatic carbocycles. The molecule has 1 N–H and O–H groups in total. The van der Waals surface area contributed by atoms with Crippen LogP contribution in [-0.4, -0.2) is 42.1 Å². The van der Waals surface area contributed by atoms with Gasteiger partial charge in [0.25, 0.3) is 0 Å². The third-order valence-electron chi connectivity index (χ3n) is 4.14. The fourth-order valence-corrected chi connectivity index (χ4v) is 2.55. The van der Waals surface area contributed by atoms with Crippen molar-refractivity contribution in [3.05, 3.63) is 29.3 Å². The molecule has 114 valence electrons. The first-order valence-corrected chi connectivity index (χ1v) is 7.06. The molecular formula is C16H21NO4. The van der Waals surface area contributed by atoms with E-state index in [1.807, 2.05) is 25.1 Å². The van der Waals surface area contributed by atoms with Gasteiger partial charge in [-0.15, -0.1) is 0 Å². The van der Waals surface area contributed by atoms with Crippen LogP contribution in [0.15, 0.2) is 18.2 Å². The highest BCUT2D eigenvalue weighted by Crippen LogP contribution is 2.26. The van der Waals surface area contributed by atoms with E-state index in [1.54, 1.807) is 18.9 Å². The van der Waals surface area contributed by atoms with Crippen LogP contribution < -0.4 is 4.74 Å². The summed E-state index contributed by atoms with van der Waals surface area (Å²) in [5, 5.41) is 8.96. The first-order valence-electron chi connectivity index (χ1n) is 7.06. The second-order valence-electron chi connectivity index (χ2n) is 5.68. The predicted octanol–water partition coefficient (Wildman–Crippen LogP) is 1.73.